The van der Waals surface area contributed by atoms with Gasteiger partial charge in [-0.05, 0) is 31.0 Å². The second-order valence-corrected chi connectivity index (χ2v) is 8.98. The summed E-state index contributed by atoms with van der Waals surface area (Å²) in [5, 5.41) is 0. The van der Waals surface area contributed by atoms with Crippen LogP contribution in [0.25, 0.3) is 0 Å². The number of benzene rings is 1. The standard InChI is InChI=1S/C23H23F5N4O4/c24-4-6-35-18-2-1-13(7-16(18)25)17(33)11-32-19(23(26,27)28)3-5-30-21(34)9-20(29-22(30)32)31-10-15-8-14(31)12-36-15/h1-2,7,9,14-15,19H,3-6,8,10-12H2/t14-,15+,19-/m0/s1. The first kappa shape index (κ1) is 24.5. The Morgan fingerprint density at radius 3 is 2.69 bits per heavy atom. The third-order valence-corrected chi connectivity index (χ3v) is 6.71. The van der Waals surface area contributed by atoms with E-state index in [1.54, 1.807) is 0 Å². The first-order valence-corrected chi connectivity index (χ1v) is 11.5. The lowest BCUT2D eigenvalue weighted by Gasteiger charge is -2.39. The first-order chi connectivity index (χ1) is 17.2. The fourth-order valence-electron chi connectivity index (χ4n) is 4.99. The lowest BCUT2D eigenvalue weighted by Crippen LogP contribution is -2.54. The summed E-state index contributed by atoms with van der Waals surface area (Å²) in [5.41, 5.74) is -0.706. The highest BCUT2D eigenvalue weighted by Crippen LogP contribution is 2.36. The molecule has 0 amide bonds. The molecular weight excluding hydrogens is 491 g/mol. The molecule has 3 atom stereocenters. The number of carbonyl (C=O) groups is 1. The van der Waals surface area contributed by atoms with Gasteiger partial charge in [0.2, 0.25) is 5.95 Å². The van der Waals surface area contributed by atoms with Gasteiger partial charge in [0, 0.05) is 24.7 Å². The molecule has 194 valence electrons. The predicted molar refractivity (Wildman–Crippen MR) is 118 cm³/mol. The minimum Gasteiger partial charge on any atom is -0.488 e. The first-order valence-electron chi connectivity index (χ1n) is 11.5. The average molecular weight is 514 g/mol. The van der Waals surface area contributed by atoms with Crippen LogP contribution >= 0.6 is 0 Å². The number of Topliss-reactive ketones (excluding diaryl/α,β-unsaturated/α-hetero) is 1. The van der Waals surface area contributed by atoms with Crippen molar-refractivity contribution in [3.8, 4) is 5.75 Å². The number of rotatable bonds is 7. The van der Waals surface area contributed by atoms with Crippen LogP contribution in [0.3, 0.4) is 0 Å². The number of hydrogen-bond donors (Lipinski definition) is 0. The van der Waals surface area contributed by atoms with Crippen LogP contribution in [0.4, 0.5) is 33.7 Å². The number of ether oxygens (including phenoxy) is 2. The third-order valence-electron chi connectivity index (χ3n) is 6.71. The van der Waals surface area contributed by atoms with Crippen LogP contribution in [-0.2, 0) is 11.3 Å². The van der Waals surface area contributed by atoms with E-state index in [-0.39, 0.29) is 48.4 Å². The van der Waals surface area contributed by atoms with Crippen LogP contribution in [0.15, 0.2) is 29.1 Å². The van der Waals surface area contributed by atoms with Crippen molar-refractivity contribution in [2.75, 3.05) is 42.8 Å². The molecular formula is C23H23F5N4O4. The van der Waals surface area contributed by atoms with Gasteiger partial charge < -0.3 is 19.3 Å². The van der Waals surface area contributed by atoms with Crippen molar-refractivity contribution in [2.45, 2.75) is 43.8 Å². The van der Waals surface area contributed by atoms with Gasteiger partial charge in [0.25, 0.3) is 5.56 Å². The lowest BCUT2D eigenvalue weighted by molar-refractivity contribution is -0.152. The summed E-state index contributed by atoms with van der Waals surface area (Å²) in [6.45, 7) is -1.30. The summed E-state index contributed by atoms with van der Waals surface area (Å²) < 4.78 is 80.2. The zero-order valence-electron chi connectivity index (χ0n) is 19.0. The molecule has 0 spiro atoms. The van der Waals surface area contributed by atoms with Gasteiger partial charge in [-0.3, -0.25) is 14.2 Å². The highest BCUT2D eigenvalue weighted by atomic mass is 19.4. The van der Waals surface area contributed by atoms with Crippen molar-refractivity contribution in [1.82, 2.24) is 9.55 Å². The maximum atomic E-state index is 14.3. The van der Waals surface area contributed by atoms with Crippen LogP contribution in [0.2, 0.25) is 0 Å². The van der Waals surface area contributed by atoms with E-state index in [2.05, 4.69) is 4.98 Å². The molecule has 0 unspecified atom stereocenters. The van der Waals surface area contributed by atoms with E-state index in [1.165, 1.54) is 12.1 Å². The number of anilines is 2. The fraction of sp³-hybridized carbons (Fsp3) is 0.522. The summed E-state index contributed by atoms with van der Waals surface area (Å²) in [6.07, 6.45) is -4.43. The largest absolute Gasteiger partial charge is 0.488 e. The van der Waals surface area contributed by atoms with E-state index in [0.29, 0.717) is 13.2 Å². The van der Waals surface area contributed by atoms with E-state index in [4.69, 9.17) is 9.47 Å². The number of aromatic nitrogens is 2. The summed E-state index contributed by atoms with van der Waals surface area (Å²) in [5.74, 6) is -2.04. The minimum atomic E-state index is -4.70. The van der Waals surface area contributed by atoms with Crippen molar-refractivity contribution in [2.24, 2.45) is 0 Å². The number of halogens is 5. The van der Waals surface area contributed by atoms with Gasteiger partial charge in [0.1, 0.15) is 25.1 Å². The molecule has 8 nitrogen and oxygen atoms in total. The van der Waals surface area contributed by atoms with Gasteiger partial charge in [-0.15, -0.1) is 0 Å². The second-order valence-electron chi connectivity index (χ2n) is 8.98. The zero-order valence-corrected chi connectivity index (χ0v) is 19.0. The molecule has 2 aromatic rings. The Labute approximate surface area is 202 Å². The molecule has 0 N–H and O–H groups in total. The summed E-state index contributed by atoms with van der Waals surface area (Å²) in [7, 11) is 0. The van der Waals surface area contributed by atoms with E-state index in [0.717, 1.165) is 28.0 Å². The molecule has 1 aromatic carbocycles. The number of nitrogens with zero attached hydrogens (tertiary/aromatic N) is 4. The molecule has 13 heteroatoms. The molecule has 36 heavy (non-hydrogen) atoms. The van der Waals surface area contributed by atoms with Crippen molar-refractivity contribution in [1.29, 1.82) is 0 Å². The monoisotopic (exact) mass is 514 g/mol. The van der Waals surface area contributed by atoms with Crippen LogP contribution in [0.5, 0.6) is 5.75 Å². The Morgan fingerprint density at radius 1 is 1.25 bits per heavy atom. The van der Waals surface area contributed by atoms with Gasteiger partial charge in [0.15, 0.2) is 17.3 Å². The molecule has 0 aliphatic carbocycles. The molecule has 4 heterocycles. The Bertz CT molecular complexity index is 1220. The van der Waals surface area contributed by atoms with Gasteiger partial charge in [0.05, 0.1) is 25.3 Å². The van der Waals surface area contributed by atoms with Crippen LogP contribution in [0.1, 0.15) is 23.2 Å². The van der Waals surface area contributed by atoms with Crippen molar-refractivity contribution >= 4 is 17.5 Å². The van der Waals surface area contributed by atoms with E-state index < -0.39 is 49.0 Å². The third kappa shape index (κ3) is 4.51. The summed E-state index contributed by atoms with van der Waals surface area (Å²) >= 11 is 0. The van der Waals surface area contributed by atoms with Gasteiger partial charge in [-0.25, -0.2) is 8.78 Å². The van der Waals surface area contributed by atoms with E-state index in [1.807, 2.05) is 4.90 Å². The van der Waals surface area contributed by atoms with Crippen LogP contribution in [0, 0.1) is 5.82 Å². The molecule has 3 aliphatic rings. The maximum absolute atomic E-state index is 14.3. The van der Waals surface area contributed by atoms with E-state index in [9.17, 15) is 31.5 Å². The second kappa shape index (κ2) is 9.34. The van der Waals surface area contributed by atoms with Crippen molar-refractivity contribution in [3.63, 3.8) is 0 Å². The van der Waals surface area contributed by atoms with Gasteiger partial charge in [-0.1, -0.05) is 0 Å². The normalized spacial score (nSPS) is 23.2. The Kier molecular flexibility index (Phi) is 6.35. The predicted octanol–water partition coefficient (Wildman–Crippen LogP) is 2.73. The number of morpholine rings is 1. The molecule has 2 fully saturated rings. The zero-order chi connectivity index (χ0) is 25.6. The molecule has 1 aromatic heterocycles. The maximum Gasteiger partial charge on any atom is 0.408 e. The van der Waals surface area contributed by atoms with Crippen LogP contribution in [-0.4, -0.2) is 72.7 Å². The molecule has 5 rings (SSSR count). The number of ketones is 1. The number of hydrogen-bond acceptors (Lipinski definition) is 7. The van der Waals surface area contributed by atoms with Crippen molar-refractivity contribution in [3.05, 3.63) is 46.0 Å². The highest BCUT2D eigenvalue weighted by molar-refractivity contribution is 5.99. The number of carbonyl (C=O) groups excluding carboxylic acids is 1. The number of alkyl halides is 4. The van der Waals surface area contributed by atoms with Crippen LogP contribution < -0.4 is 20.1 Å². The smallest absolute Gasteiger partial charge is 0.408 e. The molecule has 2 bridgehead atoms. The lowest BCUT2D eigenvalue weighted by atomic mass is 10.1. The fourth-order valence-corrected chi connectivity index (χ4v) is 4.99. The quantitative estimate of drug-likeness (QED) is 0.416. The highest BCUT2D eigenvalue weighted by Gasteiger charge is 2.48. The SMILES string of the molecule is O=C(CN1c2nc(N3C[C@H]4C[C@H]3CO4)cc(=O)n2CC[C@H]1C(F)(F)F)c1ccc(OCCF)c(F)c1. The molecule has 3 aliphatic heterocycles. The Morgan fingerprint density at radius 2 is 2.06 bits per heavy atom. The molecule has 0 saturated carbocycles. The van der Waals surface area contributed by atoms with Gasteiger partial charge in [-0.2, -0.15) is 18.2 Å². The summed E-state index contributed by atoms with van der Waals surface area (Å²) in [6, 6.07) is 2.37. The minimum absolute atomic E-state index is 0.0249. The van der Waals surface area contributed by atoms with Crippen molar-refractivity contribution < 1.29 is 36.2 Å². The summed E-state index contributed by atoms with van der Waals surface area (Å²) in [4.78, 5) is 32.9. The Balaban J connectivity index is 1.48. The van der Waals surface area contributed by atoms with E-state index >= 15 is 0 Å². The van der Waals surface area contributed by atoms with Gasteiger partial charge >= 0.3 is 6.18 Å². The molecule has 0 radical (unpaired) electrons. The Hall–Kier alpha value is -3.22. The number of fused-ring (bicyclic) bond motifs is 3. The topological polar surface area (TPSA) is 76.9 Å². The molecule has 2 saturated heterocycles. The average Bonchev–Trinajstić information content (AvgIpc) is 3.47.